The number of carbonyl (C=O) groups excluding carboxylic acids is 3. The smallest absolute Gasteiger partial charge is 0.407 e. The summed E-state index contributed by atoms with van der Waals surface area (Å²) in [6, 6.07) is 15.2. The predicted octanol–water partition coefficient (Wildman–Crippen LogP) is 16.6. The number of nitrogens with zero attached hydrogens (tertiary/aromatic N) is 1. The molecule has 2 aromatic carbocycles. The van der Waals surface area contributed by atoms with E-state index < -0.39 is 33.7 Å². The molecule has 1 aliphatic rings. The Labute approximate surface area is 464 Å². The van der Waals surface area contributed by atoms with Crippen LogP contribution < -0.4 is 10.6 Å². The van der Waals surface area contributed by atoms with Crippen molar-refractivity contribution in [2.45, 2.75) is 264 Å². The van der Waals surface area contributed by atoms with E-state index in [-0.39, 0.29) is 56.1 Å². The van der Waals surface area contributed by atoms with E-state index in [1.807, 2.05) is 29.2 Å². The molecule has 2 N–H and O–H groups in total. The Bertz CT molecular complexity index is 1850. The van der Waals surface area contributed by atoms with Crippen LogP contribution in [0.15, 0.2) is 48.5 Å². The molecule has 76 heavy (non-hydrogen) atoms. The molecule has 1 atom stereocenters. The van der Waals surface area contributed by atoms with E-state index in [4.69, 9.17) is 14.2 Å². The number of nitrogens with one attached hydrogen (secondary N) is 2. The molecular formula is C64H109N3O8S. The summed E-state index contributed by atoms with van der Waals surface area (Å²) in [7, 11) is -3.68. The number of carbonyl (C=O) groups is 3. The number of hydrogen-bond donors (Lipinski definition) is 2. The molecule has 0 saturated heterocycles. The lowest BCUT2D eigenvalue weighted by Crippen LogP contribution is -2.50. The quantitative estimate of drug-likeness (QED) is 0.0625. The van der Waals surface area contributed by atoms with Gasteiger partial charge in [-0.15, -0.1) is 0 Å². The zero-order valence-corrected chi connectivity index (χ0v) is 49.7. The number of fused-ring (bicyclic) bond motifs is 3. The van der Waals surface area contributed by atoms with Crippen LogP contribution in [0, 0.1) is 0 Å². The van der Waals surface area contributed by atoms with E-state index in [9.17, 15) is 22.8 Å². The van der Waals surface area contributed by atoms with Crippen LogP contribution in [0.5, 0.6) is 0 Å². The third-order valence-electron chi connectivity index (χ3n) is 15.0. The fourth-order valence-corrected chi connectivity index (χ4v) is 11.7. The molecule has 0 saturated carbocycles. The lowest BCUT2D eigenvalue weighted by molar-refractivity contribution is -0.133. The molecule has 3 rings (SSSR count). The molecule has 0 radical (unpaired) electrons. The Balaban J connectivity index is 1.58. The molecule has 1 aliphatic carbocycles. The third kappa shape index (κ3) is 31.1. The van der Waals surface area contributed by atoms with Crippen LogP contribution >= 0.6 is 0 Å². The van der Waals surface area contributed by atoms with Crippen LogP contribution in [-0.4, -0.2) is 94.0 Å². The van der Waals surface area contributed by atoms with Crippen molar-refractivity contribution in [3.8, 4) is 11.1 Å². The molecule has 2 aromatic rings. The highest BCUT2D eigenvalue weighted by atomic mass is 32.2. The Kier molecular flexibility index (Phi) is 36.3. The summed E-state index contributed by atoms with van der Waals surface area (Å²) in [5.74, 6) is -0.977. The highest BCUT2D eigenvalue weighted by Gasteiger charge is 2.32. The molecule has 1 unspecified atom stereocenters. The molecule has 0 spiro atoms. The molecular weight excluding hydrogens is 971 g/mol. The van der Waals surface area contributed by atoms with Crippen LogP contribution in [0.2, 0.25) is 0 Å². The van der Waals surface area contributed by atoms with Gasteiger partial charge in [0.05, 0.1) is 24.7 Å². The summed E-state index contributed by atoms with van der Waals surface area (Å²) in [5, 5.41) is 5.48. The summed E-state index contributed by atoms with van der Waals surface area (Å²) >= 11 is 0. The van der Waals surface area contributed by atoms with Crippen molar-refractivity contribution in [3.63, 3.8) is 0 Å². The van der Waals surface area contributed by atoms with Crippen molar-refractivity contribution in [2.75, 3.05) is 51.0 Å². The number of alkyl carbamates (subject to hydrolysis) is 2. The molecule has 434 valence electrons. The van der Waals surface area contributed by atoms with Gasteiger partial charge in [-0.25, -0.2) is 18.0 Å². The molecule has 11 nitrogen and oxygen atoms in total. The van der Waals surface area contributed by atoms with Crippen molar-refractivity contribution in [1.29, 1.82) is 0 Å². The summed E-state index contributed by atoms with van der Waals surface area (Å²) in [5.41, 5.74) is 3.77. The number of amides is 3. The van der Waals surface area contributed by atoms with E-state index in [1.54, 1.807) is 20.8 Å². The molecule has 0 fully saturated rings. The van der Waals surface area contributed by atoms with Crippen molar-refractivity contribution < 1.29 is 37.0 Å². The summed E-state index contributed by atoms with van der Waals surface area (Å²) in [6.45, 7) is 11.3. The van der Waals surface area contributed by atoms with Crippen LogP contribution in [0.4, 0.5) is 9.59 Å². The highest BCUT2D eigenvalue weighted by Crippen LogP contribution is 2.44. The maximum Gasteiger partial charge on any atom is 0.407 e. The van der Waals surface area contributed by atoms with E-state index in [2.05, 4.69) is 48.7 Å². The average molecular weight is 1080 g/mol. The van der Waals surface area contributed by atoms with Gasteiger partial charge in [0.2, 0.25) is 5.91 Å². The molecule has 3 amide bonds. The van der Waals surface area contributed by atoms with Gasteiger partial charge in [0.15, 0.2) is 9.84 Å². The Hall–Kier alpha value is -3.64. The van der Waals surface area contributed by atoms with Gasteiger partial charge in [-0.1, -0.05) is 255 Å². The average Bonchev–Trinajstić information content (AvgIpc) is 3.71. The largest absolute Gasteiger partial charge is 0.449 e. The van der Waals surface area contributed by atoms with Gasteiger partial charge in [0.1, 0.15) is 18.2 Å². The first kappa shape index (κ1) is 66.6. The van der Waals surface area contributed by atoms with E-state index in [0.717, 1.165) is 60.8 Å². The van der Waals surface area contributed by atoms with E-state index in [0.29, 0.717) is 13.1 Å². The van der Waals surface area contributed by atoms with Crippen LogP contribution in [-0.2, 0) is 28.8 Å². The van der Waals surface area contributed by atoms with Gasteiger partial charge in [-0.05, 0) is 62.3 Å². The van der Waals surface area contributed by atoms with Crippen molar-refractivity contribution >= 4 is 27.9 Å². The predicted molar refractivity (Wildman–Crippen MR) is 316 cm³/mol. The monoisotopic (exact) mass is 1080 g/mol. The molecule has 0 aliphatic heterocycles. The second-order valence-electron chi connectivity index (χ2n) is 22.9. The molecule has 0 aromatic heterocycles. The number of benzene rings is 2. The molecule has 0 heterocycles. The van der Waals surface area contributed by atoms with Crippen LogP contribution in [0.1, 0.15) is 264 Å². The second kappa shape index (κ2) is 41.4. The van der Waals surface area contributed by atoms with Crippen LogP contribution in [0.25, 0.3) is 11.1 Å². The highest BCUT2D eigenvalue weighted by molar-refractivity contribution is 7.91. The maximum atomic E-state index is 14.7. The Morgan fingerprint density at radius 1 is 0.539 bits per heavy atom. The fourth-order valence-electron chi connectivity index (χ4n) is 10.5. The Morgan fingerprint density at radius 2 is 0.934 bits per heavy atom. The Morgan fingerprint density at radius 3 is 1.34 bits per heavy atom. The third-order valence-corrected chi connectivity index (χ3v) is 16.6. The first-order chi connectivity index (χ1) is 36.8. The normalized spacial score (nSPS) is 12.8. The zero-order chi connectivity index (χ0) is 55.0. The fraction of sp³-hybridized carbons (Fsp3) is 0.766. The van der Waals surface area contributed by atoms with Gasteiger partial charge >= 0.3 is 12.2 Å². The number of hydrogen-bond acceptors (Lipinski definition) is 8. The first-order valence-corrected chi connectivity index (χ1v) is 32.8. The summed E-state index contributed by atoms with van der Waals surface area (Å²) < 4.78 is 43.7. The van der Waals surface area contributed by atoms with Gasteiger partial charge < -0.3 is 29.7 Å². The number of sulfone groups is 1. The van der Waals surface area contributed by atoms with Crippen molar-refractivity contribution in [3.05, 3.63) is 59.7 Å². The summed E-state index contributed by atoms with van der Waals surface area (Å²) in [4.78, 5) is 42.4. The summed E-state index contributed by atoms with van der Waals surface area (Å²) in [6.07, 6.45) is 39.2. The minimum Gasteiger partial charge on any atom is -0.449 e. The second-order valence-corrected chi connectivity index (χ2v) is 25.2. The lowest BCUT2D eigenvalue weighted by atomic mass is 9.98. The zero-order valence-electron chi connectivity index (χ0n) is 48.9. The SMILES string of the molecule is CCCCCCCCCCCCCCCCCCN(CCCCCCCCCCCCCCCCCC)C(=O)C(CCS(=O)(=O)CCOCCNC(=O)OC(C)(C)C)NC(=O)OCC1c2ccccc2-c2ccccc21. The van der Waals surface area contributed by atoms with Crippen molar-refractivity contribution in [1.82, 2.24) is 15.5 Å². The number of unbranched alkanes of at least 4 members (excludes halogenated alkanes) is 30. The molecule has 12 heteroatoms. The van der Waals surface area contributed by atoms with Gasteiger partial charge in [-0.3, -0.25) is 4.79 Å². The first-order valence-electron chi connectivity index (χ1n) is 31.0. The van der Waals surface area contributed by atoms with E-state index in [1.165, 1.54) is 167 Å². The van der Waals surface area contributed by atoms with Crippen molar-refractivity contribution in [2.24, 2.45) is 0 Å². The molecule has 0 bridgehead atoms. The van der Waals surface area contributed by atoms with E-state index >= 15 is 0 Å². The van der Waals surface area contributed by atoms with Crippen LogP contribution in [0.3, 0.4) is 0 Å². The lowest BCUT2D eigenvalue weighted by Gasteiger charge is -2.28. The van der Waals surface area contributed by atoms with Gasteiger partial charge in [0.25, 0.3) is 0 Å². The number of rotatable bonds is 47. The van der Waals surface area contributed by atoms with Gasteiger partial charge in [0, 0.05) is 25.6 Å². The maximum absolute atomic E-state index is 14.7. The minimum absolute atomic E-state index is 0.0681. The standard InChI is InChI=1S/C64H109N3O8S/c1-6-8-10-12-14-16-18-20-22-24-26-28-30-32-34-40-48-67(49-41-35-33-31-29-27-25-23-21-19-17-15-13-11-9-7-2)61(68)60(46-52-76(71,72)53-51-73-50-47-65-62(69)75-64(3,4)5)66-63(70)74-54-59-57-44-38-36-42-55(57)56-43-37-39-45-58(56)59/h36-39,42-45,59-60H,6-35,40-41,46-54H2,1-5H3,(H,65,69)(H,66,70). The number of ether oxygens (including phenoxy) is 3. The minimum atomic E-state index is -3.68. The topological polar surface area (TPSA) is 140 Å². The van der Waals surface area contributed by atoms with Gasteiger partial charge in [-0.2, -0.15) is 0 Å².